The van der Waals surface area contributed by atoms with Crippen LogP contribution in [0.5, 0.6) is 5.75 Å². The number of halogens is 1. The summed E-state index contributed by atoms with van der Waals surface area (Å²) in [7, 11) is 1.64. The molecule has 1 aromatic rings. The number of benzene rings is 1. The van der Waals surface area contributed by atoms with Crippen molar-refractivity contribution < 1.29 is 13.9 Å². The third-order valence-electron chi connectivity index (χ3n) is 2.72. The highest BCUT2D eigenvalue weighted by atomic mass is 19.1. The van der Waals surface area contributed by atoms with Crippen LogP contribution in [-0.4, -0.2) is 32.9 Å². The van der Waals surface area contributed by atoms with Crippen LogP contribution in [0.2, 0.25) is 0 Å². The maximum atomic E-state index is 13.2. The molecule has 0 aliphatic carbocycles. The molecule has 0 aromatic heterocycles. The van der Waals surface area contributed by atoms with Gasteiger partial charge in [0.15, 0.2) is 0 Å². The summed E-state index contributed by atoms with van der Waals surface area (Å²) in [6.07, 6.45) is -0.121. The summed E-state index contributed by atoms with van der Waals surface area (Å²) in [6, 6.07) is 4.57. The zero-order chi connectivity index (χ0) is 14.3. The normalized spacial score (nSPS) is 12.7. The molecule has 1 N–H and O–H groups in total. The molecule has 0 aliphatic heterocycles. The van der Waals surface area contributed by atoms with E-state index in [1.807, 2.05) is 6.92 Å². The fourth-order valence-electron chi connectivity index (χ4n) is 1.73. The molecule has 0 heterocycles. The second kappa shape index (κ2) is 8.12. The molecular formula is C15H24FNO2. The van der Waals surface area contributed by atoms with Crippen molar-refractivity contribution in [3.05, 3.63) is 29.6 Å². The minimum atomic E-state index is -0.285. The van der Waals surface area contributed by atoms with Gasteiger partial charge < -0.3 is 14.8 Å². The van der Waals surface area contributed by atoms with Crippen molar-refractivity contribution in [3.8, 4) is 5.75 Å². The van der Waals surface area contributed by atoms with Gasteiger partial charge in [-0.3, -0.25) is 0 Å². The Morgan fingerprint density at radius 3 is 2.63 bits per heavy atom. The Balaban J connectivity index is 2.58. The highest BCUT2D eigenvalue weighted by molar-refractivity contribution is 5.32. The zero-order valence-corrected chi connectivity index (χ0v) is 12.2. The topological polar surface area (TPSA) is 30.5 Å². The molecule has 0 aliphatic rings. The number of hydrogen-bond acceptors (Lipinski definition) is 3. The number of rotatable bonds is 8. The Morgan fingerprint density at radius 1 is 1.26 bits per heavy atom. The number of aryl methyl sites for hydroxylation is 1. The lowest BCUT2D eigenvalue weighted by Crippen LogP contribution is -2.36. The molecule has 0 amide bonds. The van der Waals surface area contributed by atoms with Crippen LogP contribution in [0.15, 0.2) is 18.2 Å². The Hall–Kier alpha value is -1.13. The molecule has 0 spiro atoms. The van der Waals surface area contributed by atoms with E-state index in [1.54, 1.807) is 13.2 Å². The third kappa shape index (κ3) is 6.03. The minimum Gasteiger partial charge on any atom is -0.486 e. The van der Waals surface area contributed by atoms with Crippen molar-refractivity contribution in [2.45, 2.75) is 26.9 Å². The van der Waals surface area contributed by atoms with E-state index in [-0.39, 0.29) is 11.9 Å². The first-order valence-electron chi connectivity index (χ1n) is 6.65. The van der Waals surface area contributed by atoms with Gasteiger partial charge in [-0.2, -0.15) is 0 Å². The summed E-state index contributed by atoms with van der Waals surface area (Å²) in [5.41, 5.74) is 0.923. The van der Waals surface area contributed by atoms with E-state index in [4.69, 9.17) is 9.47 Å². The first-order valence-corrected chi connectivity index (χ1v) is 6.65. The molecule has 0 fully saturated rings. The first kappa shape index (κ1) is 15.9. The molecule has 4 heteroatoms. The summed E-state index contributed by atoms with van der Waals surface area (Å²) < 4.78 is 24.2. The highest BCUT2D eigenvalue weighted by Crippen LogP contribution is 2.20. The molecule has 0 bridgehead atoms. The van der Waals surface area contributed by atoms with Crippen molar-refractivity contribution >= 4 is 0 Å². The van der Waals surface area contributed by atoms with Crippen molar-refractivity contribution in [3.63, 3.8) is 0 Å². The Labute approximate surface area is 115 Å². The summed E-state index contributed by atoms with van der Waals surface area (Å²) >= 11 is 0. The Morgan fingerprint density at radius 2 is 2.00 bits per heavy atom. The molecular weight excluding hydrogens is 245 g/mol. The molecule has 1 atom stereocenters. The van der Waals surface area contributed by atoms with Gasteiger partial charge in [-0.15, -0.1) is 0 Å². The largest absolute Gasteiger partial charge is 0.486 e. The SMILES string of the molecule is COCC(CNCC(C)C)Oc1cc(F)ccc1C. The monoisotopic (exact) mass is 269 g/mol. The lowest BCUT2D eigenvalue weighted by Gasteiger charge is -2.20. The standard InChI is InChI=1S/C15H24FNO2/c1-11(2)8-17-9-14(10-18-4)19-15-7-13(16)6-5-12(15)3/h5-7,11,14,17H,8-10H2,1-4H3. The second-order valence-electron chi connectivity index (χ2n) is 5.16. The predicted molar refractivity (Wildman–Crippen MR) is 75.1 cm³/mol. The zero-order valence-electron chi connectivity index (χ0n) is 12.2. The quantitative estimate of drug-likeness (QED) is 0.787. The minimum absolute atomic E-state index is 0.121. The average Bonchev–Trinajstić information content (AvgIpc) is 2.33. The van der Waals surface area contributed by atoms with Crippen LogP contribution >= 0.6 is 0 Å². The number of ether oxygens (including phenoxy) is 2. The van der Waals surface area contributed by atoms with Gasteiger partial charge in [0.1, 0.15) is 17.7 Å². The van der Waals surface area contributed by atoms with E-state index in [2.05, 4.69) is 19.2 Å². The Kier molecular flexibility index (Phi) is 6.81. The Bertz CT molecular complexity index is 382. The van der Waals surface area contributed by atoms with Crippen molar-refractivity contribution in [1.29, 1.82) is 0 Å². The van der Waals surface area contributed by atoms with E-state index in [1.165, 1.54) is 12.1 Å². The van der Waals surface area contributed by atoms with Gasteiger partial charge in [-0.25, -0.2) is 4.39 Å². The molecule has 1 aromatic carbocycles. The molecule has 1 rings (SSSR count). The highest BCUT2D eigenvalue weighted by Gasteiger charge is 2.12. The van der Waals surface area contributed by atoms with Gasteiger partial charge in [0.2, 0.25) is 0 Å². The van der Waals surface area contributed by atoms with Crippen LogP contribution < -0.4 is 10.1 Å². The van der Waals surface area contributed by atoms with Crippen molar-refractivity contribution in [1.82, 2.24) is 5.32 Å². The van der Waals surface area contributed by atoms with Gasteiger partial charge in [-0.1, -0.05) is 19.9 Å². The molecule has 108 valence electrons. The predicted octanol–water partition coefficient (Wildman–Crippen LogP) is 2.77. The van der Waals surface area contributed by atoms with Crippen LogP contribution in [0, 0.1) is 18.7 Å². The molecule has 0 saturated heterocycles. The van der Waals surface area contributed by atoms with Gasteiger partial charge in [-0.05, 0) is 31.0 Å². The smallest absolute Gasteiger partial charge is 0.134 e. The van der Waals surface area contributed by atoms with Crippen LogP contribution in [-0.2, 0) is 4.74 Å². The van der Waals surface area contributed by atoms with E-state index in [0.717, 1.165) is 12.1 Å². The second-order valence-corrected chi connectivity index (χ2v) is 5.16. The third-order valence-corrected chi connectivity index (χ3v) is 2.72. The van der Waals surface area contributed by atoms with Gasteiger partial charge in [0.25, 0.3) is 0 Å². The number of methoxy groups -OCH3 is 1. The average molecular weight is 269 g/mol. The molecule has 3 nitrogen and oxygen atoms in total. The van der Waals surface area contributed by atoms with Crippen LogP contribution in [0.4, 0.5) is 4.39 Å². The van der Waals surface area contributed by atoms with Crippen molar-refractivity contribution in [2.24, 2.45) is 5.92 Å². The van der Waals surface area contributed by atoms with E-state index < -0.39 is 0 Å². The van der Waals surface area contributed by atoms with Gasteiger partial charge >= 0.3 is 0 Å². The lowest BCUT2D eigenvalue weighted by atomic mass is 10.2. The number of hydrogen-bond donors (Lipinski definition) is 1. The fourth-order valence-corrected chi connectivity index (χ4v) is 1.73. The first-order chi connectivity index (χ1) is 9.02. The van der Waals surface area contributed by atoms with E-state index in [0.29, 0.717) is 24.8 Å². The molecule has 1 unspecified atom stereocenters. The summed E-state index contributed by atoms with van der Waals surface area (Å²) in [6.45, 7) is 8.28. The van der Waals surface area contributed by atoms with Crippen LogP contribution in [0.1, 0.15) is 19.4 Å². The molecule has 0 saturated carbocycles. The summed E-state index contributed by atoms with van der Waals surface area (Å²) in [4.78, 5) is 0. The number of nitrogens with one attached hydrogen (secondary N) is 1. The van der Waals surface area contributed by atoms with E-state index in [9.17, 15) is 4.39 Å². The lowest BCUT2D eigenvalue weighted by molar-refractivity contribution is 0.0795. The van der Waals surface area contributed by atoms with Gasteiger partial charge in [0.05, 0.1) is 6.61 Å². The van der Waals surface area contributed by atoms with E-state index >= 15 is 0 Å². The van der Waals surface area contributed by atoms with Crippen LogP contribution in [0.25, 0.3) is 0 Å². The fraction of sp³-hybridized carbons (Fsp3) is 0.600. The maximum Gasteiger partial charge on any atom is 0.134 e. The van der Waals surface area contributed by atoms with Gasteiger partial charge in [0, 0.05) is 19.7 Å². The maximum absolute atomic E-state index is 13.2. The molecule has 19 heavy (non-hydrogen) atoms. The van der Waals surface area contributed by atoms with Crippen molar-refractivity contribution in [2.75, 3.05) is 26.8 Å². The molecule has 0 radical (unpaired) electrons. The summed E-state index contributed by atoms with van der Waals surface area (Å²) in [5.74, 6) is 0.874. The summed E-state index contributed by atoms with van der Waals surface area (Å²) in [5, 5.41) is 3.33. The van der Waals surface area contributed by atoms with Crippen LogP contribution in [0.3, 0.4) is 0 Å².